The van der Waals surface area contributed by atoms with Crippen LogP contribution in [0.1, 0.15) is 41.7 Å². The molecule has 2 aromatic carbocycles. The summed E-state index contributed by atoms with van der Waals surface area (Å²) in [5.41, 5.74) is 0.917. The summed E-state index contributed by atoms with van der Waals surface area (Å²) in [6.45, 7) is 4.45. The number of carbonyl (C=O) groups is 1. The number of carbonyl (C=O) groups excluding carboxylic acids is 1. The minimum atomic E-state index is -0.472. The van der Waals surface area contributed by atoms with Crippen molar-refractivity contribution in [2.45, 2.75) is 26.4 Å². The molecule has 0 bridgehead atoms. The SMILES string of the molecule is CC(C)Cn1nc(C(=O)NC(c2ccccc2)c2ccco2)c2ccccc2c1=O. The van der Waals surface area contributed by atoms with Gasteiger partial charge in [-0.25, -0.2) is 4.68 Å². The third-order valence-corrected chi connectivity index (χ3v) is 4.86. The monoisotopic (exact) mass is 401 g/mol. The molecule has 0 fully saturated rings. The van der Waals surface area contributed by atoms with Crippen molar-refractivity contribution >= 4 is 16.7 Å². The van der Waals surface area contributed by atoms with Crippen LogP contribution in [-0.4, -0.2) is 15.7 Å². The third kappa shape index (κ3) is 3.89. The van der Waals surface area contributed by atoms with Crippen LogP contribution in [0.15, 0.2) is 82.2 Å². The van der Waals surface area contributed by atoms with E-state index in [1.807, 2.05) is 50.2 Å². The second-order valence-electron chi connectivity index (χ2n) is 7.61. The maximum Gasteiger partial charge on any atom is 0.274 e. The molecule has 4 aromatic rings. The van der Waals surface area contributed by atoms with Crippen molar-refractivity contribution in [2.75, 3.05) is 0 Å². The van der Waals surface area contributed by atoms with Gasteiger partial charge in [0.15, 0.2) is 5.69 Å². The average Bonchev–Trinajstić information content (AvgIpc) is 3.29. The molecule has 6 heteroatoms. The largest absolute Gasteiger partial charge is 0.467 e. The Balaban J connectivity index is 1.78. The highest BCUT2D eigenvalue weighted by Gasteiger charge is 2.23. The van der Waals surface area contributed by atoms with Crippen molar-refractivity contribution in [3.63, 3.8) is 0 Å². The molecule has 0 aliphatic carbocycles. The quantitative estimate of drug-likeness (QED) is 0.526. The fraction of sp³-hybridized carbons (Fsp3) is 0.208. The van der Waals surface area contributed by atoms with Gasteiger partial charge >= 0.3 is 0 Å². The van der Waals surface area contributed by atoms with Gasteiger partial charge < -0.3 is 9.73 Å². The molecule has 0 aliphatic rings. The predicted octanol–water partition coefficient (Wildman–Crippen LogP) is 4.16. The molecule has 30 heavy (non-hydrogen) atoms. The lowest BCUT2D eigenvalue weighted by Crippen LogP contribution is -2.33. The number of furan rings is 1. The van der Waals surface area contributed by atoms with Gasteiger partial charge in [-0.3, -0.25) is 9.59 Å². The van der Waals surface area contributed by atoms with Crippen LogP contribution >= 0.6 is 0 Å². The van der Waals surface area contributed by atoms with Crippen molar-refractivity contribution < 1.29 is 9.21 Å². The van der Waals surface area contributed by atoms with Crippen molar-refractivity contribution in [1.29, 1.82) is 0 Å². The fourth-order valence-corrected chi connectivity index (χ4v) is 3.49. The van der Waals surface area contributed by atoms with E-state index in [1.54, 1.807) is 36.6 Å². The smallest absolute Gasteiger partial charge is 0.274 e. The number of nitrogens with one attached hydrogen (secondary N) is 1. The molecule has 0 aliphatic heterocycles. The molecule has 1 amide bonds. The van der Waals surface area contributed by atoms with Crippen LogP contribution in [0.25, 0.3) is 10.8 Å². The number of hydrogen-bond donors (Lipinski definition) is 1. The van der Waals surface area contributed by atoms with Crippen LogP contribution in [-0.2, 0) is 6.54 Å². The van der Waals surface area contributed by atoms with E-state index in [9.17, 15) is 9.59 Å². The van der Waals surface area contributed by atoms with Crippen LogP contribution in [0.2, 0.25) is 0 Å². The average molecular weight is 401 g/mol. The molecule has 1 unspecified atom stereocenters. The molecule has 0 saturated heterocycles. The molecule has 0 radical (unpaired) electrons. The van der Waals surface area contributed by atoms with Gasteiger partial charge in [-0.15, -0.1) is 0 Å². The second-order valence-corrected chi connectivity index (χ2v) is 7.61. The summed E-state index contributed by atoms with van der Waals surface area (Å²) in [5.74, 6) is 0.468. The highest BCUT2D eigenvalue weighted by Crippen LogP contribution is 2.23. The number of nitrogens with zero attached hydrogens (tertiary/aromatic N) is 2. The summed E-state index contributed by atoms with van der Waals surface area (Å²) in [6, 6.07) is 19.8. The number of benzene rings is 2. The minimum Gasteiger partial charge on any atom is -0.467 e. The molecule has 1 N–H and O–H groups in total. The van der Waals surface area contributed by atoms with Gasteiger partial charge in [-0.1, -0.05) is 62.4 Å². The molecule has 2 heterocycles. The molecule has 0 saturated carbocycles. The maximum absolute atomic E-state index is 13.4. The van der Waals surface area contributed by atoms with Crippen LogP contribution in [0.3, 0.4) is 0 Å². The summed E-state index contributed by atoms with van der Waals surface area (Å²) in [6.07, 6.45) is 1.58. The van der Waals surface area contributed by atoms with E-state index in [-0.39, 0.29) is 23.1 Å². The Hall–Kier alpha value is -3.67. The number of aromatic nitrogens is 2. The molecule has 6 nitrogen and oxygen atoms in total. The molecule has 1 atom stereocenters. The molecule has 0 spiro atoms. The first-order valence-corrected chi connectivity index (χ1v) is 9.93. The van der Waals surface area contributed by atoms with Crippen molar-refractivity contribution in [1.82, 2.24) is 15.1 Å². The zero-order chi connectivity index (χ0) is 21.1. The van der Waals surface area contributed by atoms with Crippen molar-refractivity contribution in [3.05, 3.63) is 100 Å². The maximum atomic E-state index is 13.4. The van der Waals surface area contributed by atoms with Gasteiger partial charge in [-0.2, -0.15) is 5.10 Å². The minimum absolute atomic E-state index is 0.193. The molecule has 2 aromatic heterocycles. The Kier molecular flexibility index (Phi) is 5.48. The fourth-order valence-electron chi connectivity index (χ4n) is 3.49. The predicted molar refractivity (Wildman–Crippen MR) is 115 cm³/mol. The van der Waals surface area contributed by atoms with Gasteiger partial charge in [0.25, 0.3) is 11.5 Å². The highest BCUT2D eigenvalue weighted by atomic mass is 16.3. The van der Waals surface area contributed by atoms with E-state index in [0.29, 0.717) is 23.1 Å². The Morgan fingerprint density at radius 1 is 1.00 bits per heavy atom. The second kappa shape index (κ2) is 8.37. The van der Waals surface area contributed by atoms with Gasteiger partial charge in [0.2, 0.25) is 0 Å². The van der Waals surface area contributed by atoms with Crippen molar-refractivity contribution in [3.8, 4) is 0 Å². The van der Waals surface area contributed by atoms with E-state index in [4.69, 9.17) is 4.42 Å². The van der Waals surface area contributed by atoms with E-state index in [0.717, 1.165) is 5.56 Å². The van der Waals surface area contributed by atoms with E-state index in [1.165, 1.54) is 4.68 Å². The molecular weight excluding hydrogens is 378 g/mol. The van der Waals surface area contributed by atoms with E-state index < -0.39 is 6.04 Å². The first-order valence-electron chi connectivity index (χ1n) is 9.93. The van der Waals surface area contributed by atoms with Crippen LogP contribution in [0.4, 0.5) is 0 Å². The Morgan fingerprint density at radius 3 is 2.37 bits per heavy atom. The third-order valence-electron chi connectivity index (χ3n) is 4.86. The topological polar surface area (TPSA) is 77.1 Å². The van der Waals surface area contributed by atoms with Gasteiger partial charge in [0.05, 0.1) is 11.6 Å². The van der Waals surface area contributed by atoms with Gasteiger partial charge in [0, 0.05) is 11.9 Å². The number of hydrogen-bond acceptors (Lipinski definition) is 4. The Morgan fingerprint density at radius 2 is 1.70 bits per heavy atom. The van der Waals surface area contributed by atoms with Crippen LogP contribution in [0.5, 0.6) is 0 Å². The summed E-state index contributed by atoms with van der Waals surface area (Å²) >= 11 is 0. The lowest BCUT2D eigenvalue weighted by molar-refractivity contribution is 0.0933. The summed E-state index contributed by atoms with van der Waals surface area (Å²) in [4.78, 5) is 26.2. The summed E-state index contributed by atoms with van der Waals surface area (Å²) in [7, 11) is 0. The van der Waals surface area contributed by atoms with Gasteiger partial charge in [0.1, 0.15) is 11.8 Å². The normalized spacial score (nSPS) is 12.2. The number of amides is 1. The van der Waals surface area contributed by atoms with E-state index >= 15 is 0 Å². The standard InChI is InChI=1S/C24H23N3O3/c1-16(2)15-27-24(29)19-12-7-6-11-18(19)22(26-27)23(28)25-21(20-13-8-14-30-20)17-9-4-3-5-10-17/h3-14,16,21H,15H2,1-2H3,(H,25,28). The zero-order valence-corrected chi connectivity index (χ0v) is 16.9. The Bertz CT molecular complexity index is 1210. The summed E-state index contributed by atoms with van der Waals surface area (Å²) in [5, 5.41) is 8.48. The molecule has 152 valence electrons. The Labute approximate surface area is 174 Å². The van der Waals surface area contributed by atoms with Gasteiger partial charge in [-0.05, 0) is 29.7 Å². The van der Waals surface area contributed by atoms with Crippen LogP contribution < -0.4 is 10.9 Å². The number of fused-ring (bicyclic) bond motifs is 1. The summed E-state index contributed by atoms with van der Waals surface area (Å²) < 4.78 is 6.96. The first kappa shape index (κ1) is 19.6. The van der Waals surface area contributed by atoms with E-state index in [2.05, 4.69) is 10.4 Å². The number of rotatable bonds is 6. The van der Waals surface area contributed by atoms with Crippen molar-refractivity contribution in [2.24, 2.45) is 5.92 Å². The zero-order valence-electron chi connectivity index (χ0n) is 16.9. The first-order chi connectivity index (χ1) is 14.5. The lowest BCUT2D eigenvalue weighted by Gasteiger charge is -2.18. The molecular formula is C24H23N3O3. The lowest BCUT2D eigenvalue weighted by atomic mass is 10.0. The van der Waals surface area contributed by atoms with Crippen LogP contribution in [0, 0.1) is 5.92 Å². The highest BCUT2D eigenvalue weighted by molar-refractivity contribution is 6.05. The molecule has 4 rings (SSSR count).